The molecule has 3 heterocycles. The minimum absolute atomic E-state index is 0.125. The van der Waals surface area contributed by atoms with Gasteiger partial charge in [0.05, 0.1) is 29.8 Å². The summed E-state index contributed by atoms with van der Waals surface area (Å²) in [5.41, 5.74) is 0.444. The number of aliphatic hydroxyl groups is 1. The number of morpholine rings is 1. The molecule has 4 aliphatic carbocycles. The molecule has 3 unspecified atom stereocenters. The lowest BCUT2D eigenvalue weighted by atomic mass is 9.52. The fourth-order valence-corrected chi connectivity index (χ4v) is 7.19. The fraction of sp³-hybridized carbons (Fsp3) is 0.600. The molecule has 5 aliphatic rings. The molecule has 2 N–H and O–H groups in total. The number of anilines is 2. The molecule has 0 spiro atoms. The topological polar surface area (TPSA) is 101 Å². The molecule has 1 aliphatic heterocycles. The maximum absolute atomic E-state index is 14.1. The summed E-state index contributed by atoms with van der Waals surface area (Å²) in [7, 11) is 0. The van der Waals surface area contributed by atoms with Crippen LogP contribution in [-0.2, 0) is 4.74 Å². The molecule has 11 heteroatoms. The average molecular weight is 498 g/mol. The number of ether oxygens (including phenoxy) is 1. The van der Waals surface area contributed by atoms with Crippen LogP contribution in [0, 0.1) is 17.8 Å². The zero-order valence-electron chi connectivity index (χ0n) is 19.9. The lowest BCUT2D eigenvalue weighted by Gasteiger charge is -2.58. The number of benzene rings is 1. The van der Waals surface area contributed by atoms with E-state index in [0.29, 0.717) is 67.0 Å². The molecule has 9 nitrogen and oxygen atoms in total. The van der Waals surface area contributed by atoms with Crippen molar-refractivity contribution in [3.8, 4) is 5.95 Å². The van der Waals surface area contributed by atoms with Gasteiger partial charge in [0, 0.05) is 19.1 Å². The lowest BCUT2D eigenvalue weighted by molar-refractivity contribution is -0.129. The van der Waals surface area contributed by atoms with Gasteiger partial charge >= 0.3 is 0 Å². The summed E-state index contributed by atoms with van der Waals surface area (Å²) in [5.74, 6) is 1.82. The van der Waals surface area contributed by atoms with Crippen LogP contribution < -0.4 is 10.2 Å². The molecule has 4 bridgehead atoms. The number of alkyl halides is 2. The van der Waals surface area contributed by atoms with Crippen LogP contribution in [0.3, 0.4) is 0 Å². The van der Waals surface area contributed by atoms with Gasteiger partial charge in [0.15, 0.2) is 5.82 Å². The smallest absolute Gasteiger partial charge is 0.296 e. The van der Waals surface area contributed by atoms with E-state index >= 15 is 0 Å². The van der Waals surface area contributed by atoms with E-state index in [0.717, 1.165) is 32.1 Å². The molecule has 36 heavy (non-hydrogen) atoms. The van der Waals surface area contributed by atoms with Crippen LogP contribution in [0.15, 0.2) is 24.3 Å². The Morgan fingerprint density at radius 2 is 1.69 bits per heavy atom. The van der Waals surface area contributed by atoms with Gasteiger partial charge in [-0.25, -0.2) is 13.8 Å². The van der Waals surface area contributed by atoms with Crippen LogP contribution >= 0.6 is 0 Å². The summed E-state index contributed by atoms with van der Waals surface area (Å²) >= 11 is 0. The zero-order chi connectivity index (χ0) is 24.4. The summed E-state index contributed by atoms with van der Waals surface area (Å²) < 4.78 is 35.0. The van der Waals surface area contributed by atoms with Crippen LogP contribution in [-0.4, -0.2) is 67.6 Å². The Morgan fingerprint density at radius 1 is 0.972 bits per heavy atom. The highest BCUT2D eigenvalue weighted by Gasteiger charge is 2.54. The molecule has 5 atom stereocenters. The Balaban J connectivity index is 1.31. The van der Waals surface area contributed by atoms with Crippen LogP contribution in [0.4, 0.5) is 20.7 Å². The highest BCUT2D eigenvalue weighted by atomic mass is 19.3. The number of rotatable bonds is 5. The van der Waals surface area contributed by atoms with Crippen molar-refractivity contribution in [2.45, 2.75) is 50.2 Å². The lowest BCUT2D eigenvalue weighted by Crippen LogP contribution is -2.59. The second-order valence-electron chi connectivity index (χ2n) is 10.8. The molecule has 0 radical (unpaired) electrons. The first-order chi connectivity index (χ1) is 17.5. The van der Waals surface area contributed by atoms with Crippen LogP contribution in [0.5, 0.6) is 0 Å². The number of nitrogens with one attached hydrogen (secondary N) is 1. The van der Waals surface area contributed by atoms with E-state index in [1.54, 1.807) is 24.3 Å². The number of hydrogen-bond donors (Lipinski definition) is 2. The van der Waals surface area contributed by atoms with Crippen molar-refractivity contribution in [3.63, 3.8) is 0 Å². The molecule has 190 valence electrons. The third-order valence-electron chi connectivity index (χ3n) is 8.42. The summed E-state index contributed by atoms with van der Waals surface area (Å²) in [4.78, 5) is 20.2. The Kier molecular flexibility index (Phi) is 5.14. The fourth-order valence-electron chi connectivity index (χ4n) is 7.19. The molecular weight excluding hydrogens is 468 g/mol. The molecule has 1 aromatic carbocycles. The summed E-state index contributed by atoms with van der Waals surface area (Å²) in [6, 6.07) is 7.16. The van der Waals surface area contributed by atoms with E-state index in [9.17, 15) is 13.9 Å². The zero-order valence-corrected chi connectivity index (χ0v) is 19.9. The Bertz CT molecular complexity index is 1280. The van der Waals surface area contributed by atoms with Crippen LogP contribution in [0.25, 0.3) is 17.0 Å². The van der Waals surface area contributed by atoms with E-state index in [4.69, 9.17) is 9.72 Å². The molecule has 2 aromatic heterocycles. The second-order valence-corrected chi connectivity index (χ2v) is 10.8. The van der Waals surface area contributed by atoms with Gasteiger partial charge in [-0.3, -0.25) is 4.57 Å². The molecule has 4 saturated carbocycles. The van der Waals surface area contributed by atoms with E-state index < -0.39 is 17.9 Å². The van der Waals surface area contributed by atoms with Gasteiger partial charge in [-0.1, -0.05) is 12.1 Å². The first kappa shape index (κ1) is 22.3. The molecule has 5 fully saturated rings. The highest BCUT2D eigenvalue weighted by Crippen LogP contribution is 2.56. The number of nitrogens with zero attached hydrogens (tertiary/aromatic N) is 6. The summed E-state index contributed by atoms with van der Waals surface area (Å²) in [6.07, 6.45) is 1.87. The van der Waals surface area contributed by atoms with Crippen molar-refractivity contribution in [3.05, 3.63) is 30.1 Å². The number of aromatic nitrogens is 5. The van der Waals surface area contributed by atoms with Gasteiger partial charge in [-0.2, -0.15) is 15.0 Å². The second kappa shape index (κ2) is 8.31. The largest absolute Gasteiger partial charge is 0.390 e. The van der Waals surface area contributed by atoms with E-state index in [1.807, 2.05) is 4.90 Å². The quantitative estimate of drug-likeness (QED) is 0.554. The summed E-state index contributed by atoms with van der Waals surface area (Å²) in [6.45, 7) is 2.32. The number of para-hydroxylation sites is 2. The van der Waals surface area contributed by atoms with Gasteiger partial charge in [0.2, 0.25) is 17.8 Å². The van der Waals surface area contributed by atoms with Crippen LogP contribution in [0.1, 0.15) is 44.4 Å². The van der Waals surface area contributed by atoms with Crippen molar-refractivity contribution in [2.24, 2.45) is 17.8 Å². The van der Waals surface area contributed by atoms with Crippen molar-refractivity contribution in [2.75, 3.05) is 36.5 Å². The predicted molar refractivity (Wildman–Crippen MR) is 128 cm³/mol. The molecular formula is C25H29F2N7O2. The third-order valence-corrected chi connectivity index (χ3v) is 8.42. The Morgan fingerprint density at radius 3 is 2.42 bits per heavy atom. The maximum atomic E-state index is 14.1. The van der Waals surface area contributed by atoms with E-state index in [2.05, 4.69) is 20.3 Å². The molecule has 3 aromatic rings. The van der Waals surface area contributed by atoms with Gasteiger partial charge in [0.1, 0.15) is 0 Å². The van der Waals surface area contributed by atoms with Gasteiger partial charge in [-0.15, -0.1) is 0 Å². The van der Waals surface area contributed by atoms with E-state index in [1.165, 1.54) is 4.57 Å². The first-order valence-electron chi connectivity index (χ1n) is 12.8. The molecule has 0 amide bonds. The Labute approximate surface area is 206 Å². The minimum atomic E-state index is -2.79. The van der Waals surface area contributed by atoms with Crippen molar-refractivity contribution in [1.82, 2.24) is 24.5 Å². The van der Waals surface area contributed by atoms with Gasteiger partial charge in [0.25, 0.3) is 6.43 Å². The number of imidazole rings is 1. The minimum Gasteiger partial charge on any atom is -0.390 e. The van der Waals surface area contributed by atoms with Crippen molar-refractivity contribution < 1.29 is 18.6 Å². The SMILES string of the molecule is OC12CC3C[C@H](C1)C(Nc1nc(N4CCOCC4)nc(-n4c(C(F)F)nc5ccccc54)n1)[C@@H](C3)C2. The van der Waals surface area contributed by atoms with Crippen LogP contribution in [0.2, 0.25) is 0 Å². The molecule has 1 saturated heterocycles. The normalized spacial score (nSPS) is 31.5. The first-order valence-corrected chi connectivity index (χ1v) is 12.8. The molecule has 8 rings (SSSR count). The standard InChI is InChI=1S/C25H29F2N7O2/c26-20(27)21-28-17-3-1-2-4-18(17)34(21)24-31-22(30-23(32-24)33-5-7-36-8-6-33)29-19-15-9-14-10-16(19)13-25(35,11-14)12-15/h1-4,14-16,19-20,35H,5-13H2,(H,29,30,31,32)/t14?,15-,16+,19?,25?. The average Bonchev–Trinajstić information content (AvgIpc) is 3.26. The number of hydrogen-bond acceptors (Lipinski definition) is 8. The third kappa shape index (κ3) is 3.71. The monoisotopic (exact) mass is 497 g/mol. The van der Waals surface area contributed by atoms with Gasteiger partial charge < -0.3 is 20.1 Å². The van der Waals surface area contributed by atoms with Crippen molar-refractivity contribution >= 4 is 22.9 Å². The number of halogens is 2. The van der Waals surface area contributed by atoms with Gasteiger partial charge in [-0.05, 0) is 62.0 Å². The Hall–Kier alpha value is -2.92. The predicted octanol–water partition coefficient (Wildman–Crippen LogP) is 3.34. The maximum Gasteiger partial charge on any atom is 0.296 e. The van der Waals surface area contributed by atoms with Crippen molar-refractivity contribution in [1.29, 1.82) is 0 Å². The summed E-state index contributed by atoms with van der Waals surface area (Å²) in [5, 5.41) is 14.6. The van der Waals surface area contributed by atoms with E-state index in [-0.39, 0.29) is 12.0 Å². The number of fused-ring (bicyclic) bond motifs is 1. The highest BCUT2D eigenvalue weighted by molar-refractivity contribution is 5.77.